The van der Waals surface area contributed by atoms with Crippen LogP contribution < -0.4 is 21.5 Å². The molecule has 0 spiro atoms. The minimum absolute atomic E-state index is 0.222. The predicted octanol–water partition coefficient (Wildman–Crippen LogP) is 1.10. The van der Waals surface area contributed by atoms with Crippen molar-refractivity contribution in [1.82, 2.24) is 21.5 Å². The topological polar surface area (TPSA) is 66.6 Å². The molecule has 4 fully saturated rings. The Balaban J connectivity index is 1.48. The molecule has 0 aromatic heterocycles. The number of ether oxygens (including phenoxy) is 2. The van der Waals surface area contributed by atoms with Crippen molar-refractivity contribution >= 4 is 11.6 Å². The average molecular weight is 373 g/mol. The maximum Gasteiger partial charge on any atom is 0.0966 e. The molecule has 0 aromatic carbocycles. The van der Waals surface area contributed by atoms with E-state index < -0.39 is 0 Å². The minimum Gasteiger partial charge on any atom is -0.375 e. The maximum absolute atomic E-state index is 6.60. The zero-order valence-electron chi connectivity index (χ0n) is 15.2. The van der Waals surface area contributed by atoms with Gasteiger partial charge in [0.1, 0.15) is 0 Å². The summed E-state index contributed by atoms with van der Waals surface area (Å²) in [5, 5.41) is 7.40. The highest BCUT2D eigenvalue weighted by atomic mass is 35.5. The summed E-state index contributed by atoms with van der Waals surface area (Å²) in [4.78, 5) is 0. The van der Waals surface area contributed by atoms with Crippen molar-refractivity contribution in [2.24, 2.45) is 5.92 Å². The number of alkyl halides is 1. The van der Waals surface area contributed by atoms with Crippen molar-refractivity contribution in [1.29, 1.82) is 0 Å². The van der Waals surface area contributed by atoms with Gasteiger partial charge in [0, 0.05) is 29.5 Å². The van der Waals surface area contributed by atoms with Crippen LogP contribution in [0.5, 0.6) is 0 Å². The number of hydrogen-bond acceptors (Lipinski definition) is 6. The average Bonchev–Trinajstić information content (AvgIpc) is 3.00. The molecule has 144 valence electrons. The summed E-state index contributed by atoms with van der Waals surface area (Å²) in [6.07, 6.45) is 7.19. The molecule has 0 amide bonds. The molecule has 1 saturated carbocycles. The summed E-state index contributed by atoms with van der Waals surface area (Å²) in [7, 11) is 0. The Labute approximate surface area is 156 Å². The van der Waals surface area contributed by atoms with E-state index in [1.165, 1.54) is 6.42 Å². The molecule has 4 rings (SSSR count). The van der Waals surface area contributed by atoms with Crippen LogP contribution in [-0.2, 0) is 9.47 Å². The van der Waals surface area contributed by atoms with Crippen LogP contribution in [-0.4, -0.2) is 61.6 Å². The molecule has 3 aliphatic heterocycles. The van der Waals surface area contributed by atoms with Gasteiger partial charge >= 0.3 is 0 Å². The largest absolute Gasteiger partial charge is 0.375 e. The molecule has 8 atom stereocenters. The van der Waals surface area contributed by atoms with E-state index in [2.05, 4.69) is 28.4 Å². The third-order valence-electron chi connectivity index (χ3n) is 6.36. The Morgan fingerprint density at radius 3 is 2.84 bits per heavy atom. The third-order valence-corrected chi connectivity index (χ3v) is 6.71. The molecule has 6 nitrogen and oxygen atoms in total. The van der Waals surface area contributed by atoms with Crippen LogP contribution in [0.2, 0.25) is 0 Å². The molecule has 4 N–H and O–H groups in total. The molecule has 3 heterocycles. The van der Waals surface area contributed by atoms with Crippen LogP contribution in [0.3, 0.4) is 0 Å². The highest BCUT2D eigenvalue weighted by molar-refractivity contribution is 6.20. The summed E-state index contributed by atoms with van der Waals surface area (Å²) in [6.45, 7) is 4.45. The second kappa shape index (κ2) is 8.38. The second-order valence-electron chi connectivity index (χ2n) is 8.31. The Morgan fingerprint density at radius 1 is 1.00 bits per heavy atom. The van der Waals surface area contributed by atoms with Gasteiger partial charge in [-0.05, 0) is 57.9 Å². The van der Waals surface area contributed by atoms with E-state index >= 15 is 0 Å². The molecule has 4 bridgehead atoms. The lowest BCUT2D eigenvalue weighted by Crippen LogP contribution is -2.58. The number of halogens is 1. The van der Waals surface area contributed by atoms with Crippen LogP contribution >= 0.6 is 11.6 Å². The van der Waals surface area contributed by atoms with Gasteiger partial charge < -0.3 is 14.8 Å². The lowest BCUT2D eigenvalue weighted by atomic mass is 9.76. The van der Waals surface area contributed by atoms with Crippen molar-refractivity contribution in [3.63, 3.8) is 0 Å². The zero-order chi connectivity index (χ0) is 17.2. The van der Waals surface area contributed by atoms with Crippen molar-refractivity contribution < 1.29 is 9.47 Å². The van der Waals surface area contributed by atoms with E-state index in [0.29, 0.717) is 49.0 Å². The van der Waals surface area contributed by atoms with Crippen LogP contribution in [0.4, 0.5) is 0 Å². The first-order valence-corrected chi connectivity index (χ1v) is 10.5. The monoisotopic (exact) mass is 372 g/mol. The Bertz CT molecular complexity index is 443. The van der Waals surface area contributed by atoms with E-state index in [4.69, 9.17) is 21.1 Å². The Kier molecular flexibility index (Phi) is 6.17. The molecule has 7 unspecified atom stereocenters. The second-order valence-corrected chi connectivity index (χ2v) is 8.93. The van der Waals surface area contributed by atoms with E-state index in [1.54, 1.807) is 0 Å². The van der Waals surface area contributed by atoms with E-state index in [1.807, 2.05) is 0 Å². The smallest absolute Gasteiger partial charge is 0.0966 e. The summed E-state index contributed by atoms with van der Waals surface area (Å²) in [5.41, 5.74) is 7.13. The third kappa shape index (κ3) is 4.49. The highest BCUT2D eigenvalue weighted by Crippen LogP contribution is 2.36. The van der Waals surface area contributed by atoms with Gasteiger partial charge in [0.05, 0.1) is 25.5 Å². The van der Waals surface area contributed by atoms with Gasteiger partial charge in [-0.25, -0.2) is 0 Å². The first kappa shape index (κ1) is 18.4. The fourth-order valence-electron chi connectivity index (χ4n) is 5.11. The molecular formula is C18H33ClN4O2. The fraction of sp³-hybridized carbons (Fsp3) is 1.00. The number of nitrogens with one attached hydrogen (secondary N) is 4. The van der Waals surface area contributed by atoms with Crippen LogP contribution in [0.15, 0.2) is 0 Å². The maximum atomic E-state index is 6.60. The quantitative estimate of drug-likeness (QED) is 0.478. The summed E-state index contributed by atoms with van der Waals surface area (Å²) < 4.78 is 12.2. The van der Waals surface area contributed by atoms with Crippen LogP contribution in [0, 0.1) is 5.92 Å². The summed E-state index contributed by atoms with van der Waals surface area (Å²) >= 11 is 6.60. The van der Waals surface area contributed by atoms with Gasteiger partial charge in [0.15, 0.2) is 0 Å². The molecule has 4 aliphatic rings. The minimum atomic E-state index is 0.222. The molecule has 1 aliphatic carbocycles. The van der Waals surface area contributed by atoms with Crippen molar-refractivity contribution in [3.8, 4) is 0 Å². The predicted molar refractivity (Wildman–Crippen MR) is 98.5 cm³/mol. The number of hydrogen-bond donors (Lipinski definition) is 4. The molecule has 0 radical (unpaired) electrons. The van der Waals surface area contributed by atoms with Gasteiger partial charge in [0.25, 0.3) is 0 Å². The fourth-order valence-corrected chi connectivity index (χ4v) is 5.51. The molecule has 7 heteroatoms. The van der Waals surface area contributed by atoms with Crippen LogP contribution in [0.25, 0.3) is 0 Å². The number of piperidine rings is 1. The highest BCUT2D eigenvalue weighted by Gasteiger charge is 2.45. The molecule has 3 saturated heterocycles. The van der Waals surface area contributed by atoms with Crippen LogP contribution in [0.1, 0.15) is 45.4 Å². The van der Waals surface area contributed by atoms with E-state index in [9.17, 15) is 0 Å². The number of fused-ring (bicyclic) bond motifs is 4. The van der Waals surface area contributed by atoms with Crippen molar-refractivity contribution in [3.05, 3.63) is 0 Å². The zero-order valence-corrected chi connectivity index (χ0v) is 15.9. The van der Waals surface area contributed by atoms with Gasteiger partial charge in [-0.3, -0.25) is 16.2 Å². The molecular weight excluding hydrogens is 340 g/mol. The lowest BCUT2D eigenvalue weighted by Gasteiger charge is -2.41. The Hall–Kier alpha value is 0.0500. The SMILES string of the molecule is C[C@@H]1CCNCOCC2CC(Cl)CC(N2)C2NNC3CCC(CC32)O1. The summed E-state index contributed by atoms with van der Waals surface area (Å²) in [6, 6.07) is 1.70. The van der Waals surface area contributed by atoms with E-state index in [-0.39, 0.29) is 5.38 Å². The first-order chi connectivity index (χ1) is 12.2. The standard InChI is InChI=1S/C18H33ClN4O2/c1-11-4-5-20-10-24-9-13-6-12(19)7-17(21-13)18-15-8-14(25-11)2-3-16(15)22-23-18/h11-18,20-23H,2-10H2,1H3/t11-,12?,13?,14?,15?,16?,17?,18?/m1/s1. The Morgan fingerprint density at radius 2 is 1.92 bits per heavy atom. The van der Waals surface area contributed by atoms with Gasteiger partial charge in [-0.2, -0.15) is 0 Å². The number of rotatable bonds is 0. The lowest BCUT2D eigenvalue weighted by molar-refractivity contribution is -0.0393. The van der Waals surface area contributed by atoms with Gasteiger partial charge in [-0.15, -0.1) is 11.6 Å². The van der Waals surface area contributed by atoms with Crippen molar-refractivity contribution in [2.45, 2.75) is 87.2 Å². The van der Waals surface area contributed by atoms with Crippen molar-refractivity contribution in [2.75, 3.05) is 19.9 Å². The normalized spacial score (nSPS) is 49.2. The molecule has 25 heavy (non-hydrogen) atoms. The van der Waals surface area contributed by atoms with E-state index in [0.717, 1.165) is 45.3 Å². The number of hydrazine groups is 1. The van der Waals surface area contributed by atoms with Gasteiger partial charge in [-0.1, -0.05) is 0 Å². The van der Waals surface area contributed by atoms with Gasteiger partial charge in [0.2, 0.25) is 0 Å². The summed E-state index contributed by atoms with van der Waals surface area (Å²) in [5.74, 6) is 0.607. The first-order valence-electron chi connectivity index (χ1n) is 10.0. The molecule has 0 aromatic rings.